The van der Waals surface area contributed by atoms with Gasteiger partial charge < -0.3 is 31.2 Å². The van der Waals surface area contributed by atoms with Crippen molar-refractivity contribution in [1.29, 1.82) is 0 Å². The van der Waals surface area contributed by atoms with Gasteiger partial charge in [-0.05, 0) is 48.7 Å². The van der Waals surface area contributed by atoms with E-state index in [0.29, 0.717) is 29.7 Å². The monoisotopic (exact) mass is 469 g/mol. The number of para-hydroxylation sites is 1. The van der Waals surface area contributed by atoms with Crippen LogP contribution in [0.25, 0.3) is 0 Å². The number of carbonyl (C=O) groups excluding carboxylic acids is 2. The molecule has 0 unspecified atom stereocenters. The van der Waals surface area contributed by atoms with Crippen LogP contribution in [-0.2, 0) is 16.0 Å². The fourth-order valence-electron chi connectivity index (χ4n) is 3.55. The Morgan fingerprint density at radius 3 is 2.53 bits per heavy atom. The average Bonchev–Trinajstić information content (AvgIpc) is 2.75. The molecule has 0 radical (unpaired) electrons. The van der Waals surface area contributed by atoms with Gasteiger partial charge in [0.1, 0.15) is 0 Å². The van der Waals surface area contributed by atoms with Gasteiger partial charge in [-0.3, -0.25) is 14.4 Å². The summed E-state index contributed by atoms with van der Waals surface area (Å²) in [6.07, 6.45) is -0.343. The number of carbonyl (C=O) groups is 4. The van der Waals surface area contributed by atoms with Crippen LogP contribution < -0.4 is 20.9 Å². The highest BCUT2D eigenvalue weighted by Crippen LogP contribution is 2.35. The normalized spacial score (nSPS) is 13.8. The van der Waals surface area contributed by atoms with Crippen molar-refractivity contribution in [3.8, 4) is 11.5 Å². The Bertz CT molecular complexity index is 1170. The third kappa shape index (κ3) is 5.88. The maximum atomic E-state index is 12.9. The molecule has 1 atom stereocenters. The summed E-state index contributed by atoms with van der Waals surface area (Å²) in [7, 11) is 0. The SMILES string of the molecule is NC(N)=Nc1ccc2c(c1)CCCOc1c(cccc1C(=O)C[C@H](CC(=O)O)C(=O)O)OC2=O. The number of fused-ring (bicyclic) bond motifs is 2. The second-order valence-electron chi connectivity index (χ2n) is 7.61. The van der Waals surface area contributed by atoms with Crippen molar-refractivity contribution in [2.75, 3.05) is 6.61 Å². The summed E-state index contributed by atoms with van der Waals surface area (Å²) >= 11 is 0. The molecule has 0 saturated carbocycles. The van der Waals surface area contributed by atoms with Crippen molar-refractivity contribution in [1.82, 2.24) is 0 Å². The van der Waals surface area contributed by atoms with E-state index in [1.807, 2.05) is 0 Å². The number of aliphatic imine (C=N–C) groups is 1. The molecule has 0 bridgehead atoms. The topological polar surface area (TPSA) is 192 Å². The molecule has 0 aromatic heterocycles. The summed E-state index contributed by atoms with van der Waals surface area (Å²) < 4.78 is 11.3. The van der Waals surface area contributed by atoms with E-state index in [9.17, 15) is 24.3 Å². The van der Waals surface area contributed by atoms with Gasteiger partial charge in [0.2, 0.25) is 0 Å². The third-order valence-corrected chi connectivity index (χ3v) is 5.09. The molecular formula is C23H23N3O8. The van der Waals surface area contributed by atoms with E-state index in [1.165, 1.54) is 18.2 Å². The molecule has 2 aromatic carbocycles. The molecule has 11 heteroatoms. The number of nitrogens with two attached hydrogens (primary N) is 2. The van der Waals surface area contributed by atoms with Crippen LogP contribution in [0.5, 0.6) is 11.5 Å². The van der Waals surface area contributed by atoms with E-state index >= 15 is 0 Å². The number of Topliss-reactive ketones (excluding diaryl/α,β-unsaturated/α-hetero) is 1. The zero-order valence-electron chi connectivity index (χ0n) is 18.0. The van der Waals surface area contributed by atoms with Crippen LogP contribution >= 0.6 is 0 Å². The summed E-state index contributed by atoms with van der Waals surface area (Å²) in [5, 5.41) is 18.2. The minimum Gasteiger partial charge on any atom is -0.489 e. The lowest BCUT2D eigenvalue weighted by molar-refractivity contribution is -0.148. The third-order valence-electron chi connectivity index (χ3n) is 5.09. The standard InChI is InChI=1S/C23H23N3O8/c24-23(25)26-14-6-7-15-12(9-14)3-2-8-33-20-16(4-1-5-18(20)34-22(15)32)17(27)10-13(21(30)31)11-19(28)29/h1,4-7,9,13H,2-3,8,10-11H2,(H,28,29)(H,30,31)(H4,24,25,26)/t13-/m1/s1. The van der Waals surface area contributed by atoms with Gasteiger partial charge in [0.05, 0.1) is 35.8 Å². The van der Waals surface area contributed by atoms with Crippen LogP contribution in [0.2, 0.25) is 0 Å². The minimum absolute atomic E-state index is 0.000823. The highest BCUT2D eigenvalue weighted by atomic mass is 16.6. The Morgan fingerprint density at radius 2 is 1.85 bits per heavy atom. The highest BCUT2D eigenvalue weighted by Gasteiger charge is 2.28. The van der Waals surface area contributed by atoms with Gasteiger partial charge in [0.15, 0.2) is 23.2 Å². The number of guanidine groups is 1. The molecular weight excluding hydrogens is 446 g/mol. The number of carboxylic acid groups (broad SMARTS) is 2. The van der Waals surface area contributed by atoms with Crippen LogP contribution in [0.1, 0.15) is 45.5 Å². The van der Waals surface area contributed by atoms with Gasteiger partial charge in [-0.1, -0.05) is 6.07 Å². The number of esters is 1. The van der Waals surface area contributed by atoms with E-state index in [1.54, 1.807) is 18.2 Å². The maximum Gasteiger partial charge on any atom is 0.343 e. The molecule has 0 saturated heterocycles. The maximum absolute atomic E-state index is 12.9. The summed E-state index contributed by atoms with van der Waals surface area (Å²) in [6.45, 7) is 0.165. The van der Waals surface area contributed by atoms with Crippen LogP contribution in [0.15, 0.2) is 41.4 Å². The van der Waals surface area contributed by atoms with Crippen LogP contribution in [0.3, 0.4) is 0 Å². The van der Waals surface area contributed by atoms with Crippen molar-refractivity contribution < 1.29 is 38.9 Å². The average molecular weight is 469 g/mol. The van der Waals surface area contributed by atoms with Crippen molar-refractivity contribution in [3.05, 3.63) is 53.1 Å². The smallest absolute Gasteiger partial charge is 0.343 e. The lowest BCUT2D eigenvalue weighted by Crippen LogP contribution is -2.22. The molecule has 178 valence electrons. The van der Waals surface area contributed by atoms with E-state index in [2.05, 4.69) is 4.99 Å². The van der Waals surface area contributed by atoms with E-state index in [4.69, 9.17) is 26.0 Å². The van der Waals surface area contributed by atoms with Crippen LogP contribution in [0, 0.1) is 5.92 Å². The molecule has 1 aliphatic heterocycles. The molecule has 0 fully saturated rings. The number of nitrogens with zero attached hydrogens (tertiary/aromatic N) is 1. The number of aliphatic carboxylic acids is 2. The predicted molar refractivity (Wildman–Crippen MR) is 119 cm³/mol. The molecule has 0 aliphatic carbocycles. The Labute approximate surface area is 194 Å². The van der Waals surface area contributed by atoms with Gasteiger partial charge >= 0.3 is 17.9 Å². The van der Waals surface area contributed by atoms with Crippen LogP contribution in [0.4, 0.5) is 5.69 Å². The van der Waals surface area contributed by atoms with Gasteiger partial charge in [0.25, 0.3) is 0 Å². The number of carboxylic acids is 2. The van der Waals surface area contributed by atoms with Crippen molar-refractivity contribution in [2.45, 2.75) is 25.7 Å². The molecule has 0 spiro atoms. The molecule has 3 rings (SSSR count). The number of ether oxygens (including phenoxy) is 2. The highest BCUT2D eigenvalue weighted by molar-refractivity contribution is 6.02. The molecule has 11 nitrogen and oxygen atoms in total. The first-order valence-electron chi connectivity index (χ1n) is 10.3. The summed E-state index contributed by atoms with van der Waals surface area (Å²) in [4.78, 5) is 52.1. The van der Waals surface area contributed by atoms with Gasteiger partial charge in [-0.15, -0.1) is 0 Å². The first-order valence-corrected chi connectivity index (χ1v) is 10.3. The minimum atomic E-state index is -1.41. The van der Waals surface area contributed by atoms with Crippen molar-refractivity contribution >= 4 is 35.3 Å². The van der Waals surface area contributed by atoms with Gasteiger partial charge in [0, 0.05) is 6.42 Å². The van der Waals surface area contributed by atoms with Gasteiger partial charge in [-0.2, -0.15) is 0 Å². The summed E-state index contributed by atoms with van der Waals surface area (Å²) in [5.74, 6) is -5.59. The van der Waals surface area contributed by atoms with Crippen molar-refractivity contribution in [3.63, 3.8) is 0 Å². The van der Waals surface area contributed by atoms with E-state index in [-0.39, 0.29) is 29.6 Å². The van der Waals surface area contributed by atoms with Crippen LogP contribution in [-0.4, -0.2) is 46.5 Å². The first-order chi connectivity index (χ1) is 16.2. The Kier molecular flexibility index (Phi) is 7.46. The Hall–Kier alpha value is -4.41. The first kappa shape index (κ1) is 24.2. The zero-order chi connectivity index (χ0) is 24.8. The molecule has 1 aliphatic rings. The number of ketones is 1. The molecule has 6 N–H and O–H groups in total. The second-order valence-corrected chi connectivity index (χ2v) is 7.61. The number of aryl methyl sites for hydroxylation is 1. The molecule has 2 aromatic rings. The molecule has 1 heterocycles. The fourth-order valence-corrected chi connectivity index (χ4v) is 3.55. The quantitative estimate of drug-likeness (QED) is 0.153. The van der Waals surface area contributed by atoms with E-state index in [0.717, 1.165) is 0 Å². The molecule has 34 heavy (non-hydrogen) atoms. The van der Waals surface area contributed by atoms with E-state index < -0.39 is 42.5 Å². The fraction of sp³-hybridized carbons (Fsp3) is 0.261. The largest absolute Gasteiger partial charge is 0.489 e. The second kappa shape index (κ2) is 10.5. The number of benzene rings is 2. The number of hydrogen-bond donors (Lipinski definition) is 4. The zero-order valence-corrected chi connectivity index (χ0v) is 18.0. The number of hydrogen-bond acceptors (Lipinski definition) is 7. The molecule has 0 amide bonds. The Morgan fingerprint density at radius 1 is 1.09 bits per heavy atom. The van der Waals surface area contributed by atoms with Gasteiger partial charge in [-0.25, -0.2) is 9.79 Å². The Balaban J connectivity index is 1.93. The van der Waals surface area contributed by atoms with Crippen molar-refractivity contribution in [2.24, 2.45) is 22.4 Å². The summed E-state index contributed by atoms with van der Waals surface area (Å²) in [6, 6.07) is 9.11. The lowest BCUT2D eigenvalue weighted by Gasteiger charge is -2.19. The summed E-state index contributed by atoms with van der Waals surface area (Å²) in [5.41, 5.74) is 12.3. The number of rotatable bonds is 7. The lowest BCUT2D eigenvalue weighted by atomic mass is 9.95. The predicted octanol–water partition coefficient (Wildman–Crippen LogP) is 1.88.